The Kier molecular flexibility index (Phi) is 7.91. The van der Waals surface area contributed by atoms with Gasteiger partial charge in [0.05, 0.1) is 29.8 Å². The number of carbonyl (C=O) groups is 2. The molecule has 3 aromatic carbocycles. The summed E-state index contributed by atoms with van der Waals surface area (Å²) in [5.41, 5.74) is 2.08. The summed E-state index contributed by atoms with van der Waals surface area (Å²) in [5, 5.41) is 12.2. The monoisotopic (exact) mass is 575 g/mol. The Morgan fingerprint density at radius 3 is 2.65 bits per heavy atom. The van der Waals surface area contributed by atoms with Crippen LogP contribution in [0.4, 0.5) is 5.69 Å². The van der Waals surface area contributed by atoms with Crippen molar-refractivity contribution in [2.45, 2.75) is 42.8 Å². The summed E-state index contributed by atoms with van der Waals surface area (Å²) in [6.45, 7) is 2.53. The van der Waals surface area contributed by atoms with Gasteiger partial charge in [-0.05, 0) is 61.2 Å². The van der Waals surface area contributed by atoms with Gasteiger partial charge < -0.3 is 14.9 Å². The second-order valence-electron chi connectivity index (χ2n) is 11.1. The second kappa shape index (κ2) is 11.6. The average Bonchev–Trinajstić information content (AvgIpc) is 2.96. The van der Waals surface area contributed by atoms with Gasteiger partial charge in [0, 0.05) is 35.3 Å². The first-order chi connectivity index (χ1) is 19.4. The standard InChI is InChI=1S/C32H34ClN3O3S/c33-25-11-6-8-23(18-25)20-36-30(24-9-2-1-3-10-24)27(37)19-32(31(36)39)14-7-15-34(22-32)21-29(38)35-16-17-40-28-13-5-4-12-26(28)35/h1-6,8-13,18,27,30,37H,7,14-17,19-22H2/t27-,30+,32+/m1/s1. The zero-order valence-electron chi connectivity index (χ0n) is 22.4. The van der Waals surface area contributed by atoms with Crippen LogP contribution in [0.25, 0.3) is 0 Å². The molecule has 3 aliphatic heterocycles. The number of aliphatic hydroxyl groups is 1. The van der Waals surface area contributed by atoms with Crippen LogP contribution in [0.1, 0.15) is 36.4 Å². The number of amides is 2. The second-order valence-corrected chi connectivity index (χ2v) is 12.7. The smallest absolute Gasteiger partial charge is 0.241 e. The van der Waals surface area contributed by atoms with Crippen LogP contribution in [0.2, 0.25) is 5.02 Å². The van der Waals surface area contributed by atoms with Gasteiger partial charge in [0.1, 0.15) is 0 Å². The Morgan fingerprint density at radius 1 is 1.02 bits per heavy atom. The van der Waals surface area contributed by atoms with Gasteiger partial charge in [0.25, 0.3) is 0 Å². The molecule has 1 spiro atoms. The number of halogens is 1. The first kappa shape index (κ1) is 27.3. The van der Waals surface area contributed by atoms with Gasteiger partial charge in [0.2, 0.25) is 11.8 Å². The van der Waals surface area contributed by atoms with Crippen molar-refractivity contribution in [3.8, 4) is 0 Å². The number of nitrogens with zero attached hydrogens (tertiary/aromatic N) is 3. The maximum absolute atomic E-state index is 14.5. The first-order valence-corrected chi connectivity index (χ1v) is 15.3. The molecule has 3 aliphatic rings. The molecule has 2 fully saturated rings. The molecule has 6 rings (SSSR count). The molecule has 6 nitrogen and oxygen atoms in total. The third-order valence-electron chi connectivity index (χ3n) is 8.44. The van der Waals surface area contributed by atoms with E-state index in [0.717, 1.165) is 40.4 Å². The van der Waals surface area contributed by atoms with E-state index >= 15 is 0 Å². The van der Waals surface area contributed by atoms with Gasteiger partial charge in [-0.15, -0.1) is 11.8 Å². The number of piperidine rings is 2. The lowest BCUT2D eigenvalue weighted by atomic mass is 9.69. The van der Waals surface area contributed by atoms with Gasteiger partial charge in [-0.25, -0.2) is 0 Å². The van der Waals surface area contributed by atoms with Crippen LogP contribution < -0.4 is 4.90 Å². The van der Waals surface area contributed by atoms with Crippen molar-refractivity contribution in [1.82, 2.24) is 9.80 Å². The Morgan fingerprint density at radius 2 is 1.82 bits per heavy atom. The fourth-order valence-electron chi connectivity index (χ4n) is 6.70. The van der Waals surface area contributed by atoms with Crippen molar-refractivity contribution in [2.24, 2.45) is 5.41 Å². The van der Waals surface area contributed by atoms with Gasteiger partial charge in [-0.3, -0.25) is 14.5 Å². The number of benzene rings is 3. The Labute approximate surface area is 244 Å². The summed E-state index contributed by atoms with van der Waals surface area (Å²) in [7, 11) is 0. The number of likely N-dealkylation sites (tertiary alicyclic amines) is 2. The highest BCUT2D eigenvalue weighted by Gasteiger charge is 2.53. The van der Waals surface area contributed by atoms with Crippen LogP contribution in [0.5, 0.6) is 0 Å². The fourth-order valence-corrected chi connectivity index (χ4v) is 7.91. The van der Waals surface area contributed by atoms with Crippen molar-refractivity contribution < 1.29 is 14.7 Å². The van der Waals surface area contributed by atoms with Crippen molar-refractivity contribution >= 4 is 40.9 Å². The number of anilines is 1. The van der Waals surface area contributed by atoms with Gasteiger partial charge >= 0.3 is 0 Å². The van der Waals surface area contributed by atoms with Crippen molar-refractivity contribution in [2.75, 3.05) is 36.8 Å². The molecule has 8 heteroatoms. The summed E-state index contributed by atoms with van der Waals surface area (Å²) in [6, 6.07) is 25.0. The lowest BCUT2D eigenvalue weighted by molar-refractivity contribution is -0.166. The maximum atomic E-state index is 14.5. The molecule has 1 N–H and O–H groups in total. The molecule has 0 aliphatic carbocycles. The molecule has 2 amide bonds. The molecule has 0 aromatic heterocycles. The highest BCUT2D eigenvalue weighted by Crippen LogP contribution is 2.46. The SMILES string of the molecule is O=C(CN1CCC[C@]2(C[C@@H](O)[C@H](c3ccccc3)N(Cc3cccc(Cl)c3)C2=O)C1)N1CCSc2ccccc21. The maximum Gasteiger partial charge on any atom is 0.241 e. The summed E-state index contributed by atoms with van der Waals surface area (Å²) < 4.78 is 0. The molecule has 40 heavy (non-hydrogen) atoms. The van der Waals surface area contributed by atoms with E-state index in [0.29, 0.717) is 37.5 Å². The molecule has 0 saturated carbocycles. The Hall–Kier alpha value is -2.84. The predicted molar refractivity (Wildman–Crippen MR) is 159 cm³/mol. The van der Waals surface area contributed by atoms with Crippen LogP contribution in [0.3, 0.4) is 0 Å². The summed E-state index contributed by atoms with van der Waals surface area (Å²) >= 11 is 8.07. The number of rotatable bonds is 5. The number of carbonyl (C=O) groups excluding carboxylic acids is 2. The number of fused-ring (bicyclic) bond motifs is 1. The van der Waals surface area contributed by atoms with Gasteiger partial charge in [-0.1, -0.05) is 66.2 Å². The topological polar surface area (TPSA) is 64.1 Å². The first-order valence-electron chi connectivity index (χ1n) is 14.0. The molecule has 3 aromatic rings. The van der Waals surface area contributed by atoms with Crippen LogP contribution >= 0.6 is 23.4 Å². The van der Waals surface area contributed by atoms with E-state index in [1.54, 1.807) is 11.8 Å². The third-order valence-corrected chi connectivity index (χ3v) is 9.72. The van der Waals surface area contributed by atoms with E-state index in [4.69, 9.17) is 11.6 Å². The third kappa shape index (κ3) is 5.40. The fraction of sp³-hybridized carbons (Fsp3) is 0.375. The van der Waals surface area contributed by atoms with Crippen molar-refractivity contribution in [3.05, 3.63) is 95.0 Å². The largest absolute Gasteiger partial charge is 0.391 e. The van der Waals surface area contributed by atoms with E-state index < -0.39 is 17.6 Å². The molecule has 3 heterocycles. The number of thioether (sulfide) groups is 1. The minimum absolute atomic E-state index is 0.0449. The highest BCUT2D eigenvalue weighted by molar-refractivity contribution is 7.99. The van der Waals surface area contributed by atoms with Crippen LogP contribution in [-0.4, -0.2) is 64.8 Å². The lowest BCUT2D eigenvalue weighted by Gasteiger charge is -2.52. The zero-order chi connectivity index (χ0) is 27.7. The number of hydrogen-bond acceptors (Lipinski definition) is 5. The van der Waals surface area contributed by atoms with E-state index in [1.165, 1.54) is 0 Å². The number of hydrogen-bond donors (Lipinski definition) is 1. The molecule has 3 atom stereocenters. The van der Waals surface area contributed by atoms with E-state index in [2.05, 4.69) is 11.0 Å². The predicted octanol–water partition coefficient (Wildman–Crippen LogP) is 5.40. The highest BCUT2D eigenvalue weighted by atomic mass is 35.5. The quantitative estimate of drug-likeness (QED) is 0.442. The Bertz CT molecular complexity index is 1390. The van der Waals surface area contributed by atoms with Crippen molar-refractivity contribution in [3.63, 3.8) is 0 Å². The molecule has 0 bridgehead atoms. The summed E-state index contributed by atoms with van der Waals surface area (Å²) in [5.74, 6) is 0.978. The summed E-state index contributed by atoms with van der Waals surface area (Å²) in [6.07, 6.45) is 1.16. The van der Waals surface area contributed by atoms with Crippen LogP contribution in [-0.2, 0) is 16.1 Å². The molecule has 0 radical (unpaired) electrons. The van der Waals surface area contributed by atoms with E-state index in [1.807, 2.05) is 82.6 Å². The Balaban J connectivity index is 1.25. The molecular weight excluding hydrogens is 542 g/mol. The lowest BCUT2D eigenvalue weighted by Crippen LogP contribution is -2.61. The normalized spacial score (nSPS) is 25.2. The van der Waals surface area contributed by atoms with E-state index in [-0.39, 0.29) is 18.4 Å². The molecular formula is C32H34ClN3O3S. The summed E-state index contributed by atoms with van der Waals surface area (Å²) in [4.78, 5) is 35.0. The molecule has 0 unspecified atom stereocenters. The molecule has 2 saturated heterocycles. The van der Waals surface area contributed by atoms with E-state index in [9.17, 15) is 14.7 Å². The number of aliphatic hydroxyl groups excluding tert-OH is 1. The van der Waals surface area contributed by atoms with Crippen LogP contribution in [0, 0.1) is 5.41 Å². The van der Waals surface area contributed by atoms with Crippen LogP contribution in [0.15, 0.2) is 83.8 Å². The van der Waals surface area contributed by atoms with Gasteiger partial charge in [0.15, 0.2) is 0 Å². The van der Waals surface area contributed by atoms with Crippen molar-refractivity contribution in [1.29, 1.82) is 0 Å². The van der Waals surface area contributed by atoms with Gasteiger partial charge in [-0.2, -0.15) is 0 Å². The minimum Gasteiger partial charge on any atom is -0.391 e. The zero-order valence-corrected chi connectivity index (χ0v) is 24.0. The minimum atomic E-state index is -0.739. The average molecular weight is 576 g/mol. The number of para-hydroxylation sites is 1. The molecule has 208 valence electrons.